The van der Waals surface area contributed by atoms with E-state index in [-0.39, 0.29) is 5.54 Å². The molecule has 124 valence electrons. The standard InChI is InChI=1S/C17H36N4/c1-6-12-19-17(7-2,16-18)11-9-14-21(8-3)15-10-13-20(4)5/h19H,6-15H2,1-5H3. The molecule has 0 aliphatic heterocycles. The predicted molar refractivity (Wildman–Crippen MR) is 91.4 cm³/mol. The van der Waals surface area contributed by atoms with Crippen molar-refractivity contribution in [3.8, 4) is 6.07 Å². The molecule has 0 bridgehead atoms. The molecule has 0 spiro atoms. The number of hydrogen-bond acceptors (Lipinski definition) is 4. The van der Waals surface area contributed by atoms with Crippen molar-refractivity contribution in [1.29, 1.82) is 5.26 Å². The van der Waals surface area contributed by atoms with Gasteiger partial charge in [-0.1, -0.05) is 20.8 Å². The van der Waals surface area contributed by atoms with E-state index in [2.05, 4.69) is 56.1 Å². The molecular weight excluding hydrogens is 260 g/mol. The van der Waals surface area contributed by atoms with Crippen molar-refractivity contribution in [2.75, 3.05) is 46.8 Å². The van der Waals surface area contributed by atoms with Gasteiger partial charge in [-0.2, -0.15) is 5.26 Å². The fourth-order valence-corrected chi connectivity index (χ4v) is 2.57. The fraction of sp³-hybridized carbons (Fsp3) is 0.941. The third-order valence-electron chi connectivity index (χ3n) is 4.14. The molecule has 0 rings (SSSR count). The van der Waals surface area contributed by atoms with E-state index >= 15 is 0 Å². The minimum atomic E-state index is -0.320. The number of nitriles is 1. The summed E-state index contributed by atoms with van der Waals surface area (Å²) in [6.45, 7) is 11.9. The molecule has 0 aromatic rings. The Balaban J connectivity index is 4.12. The second kappa shape index (κ2) is 12.0. The van der Waals surface area contributed by atoms with E-state index in [1.54, 1.807) is 0 Å². The first-order valence-electron chi connectivity index (χ1n) is 8.56. The summed E-state index contributed by atoms with van der Waals surface area (Å²) in [4.78, 5) is 4.74. The van der Waals surface area contributed by atoms with Crippen molar-refractivity contribution < 1.29 is 0 Å². The lowest BCUT2D eigenvalue weighted by molar-refractivity contribution is 0.248. The molecule has 0 heterocycles. The van der Waals surface area contributed by atoms with Crippen molar-refractivity contribution in [2.24, 2.45) is 0 Å². The van der Waals surface area contributed by atoms with E-state index in [4.69, 9.17) is 0 Å². The lowest BCUT2D eigenvalue weighted by atomic mass is 9.91. The lowest BCUT2D eigenvalue weighted by Gasteiger charge is -2.28. The second-order valence-corrected chi connectivity index (χ2v) is 6.17. The smallest absolute Gasteiger partial charge is 0.106 e. The fourth-order valence-electron chi connectivity index (χ4n) is 2.57. The van der Waals surface area contributed by atoms with Crippen LogP contribution in [0.1, 0.15) is 52.9 Å². The molecule has 0 saturated carbocycles. The van der Waals surface area contributed by atoms with Crippen LogP contribution in [0.5, 0.6) is 0 Å². The molecule has 0 amide bonds. The van der Waals surface area contributed by atoms with Gasteiger partial charge < -0.3 is 9.80 Å². The third-order valence-corrected chi connectivity index (χ3v) is 4.14. The summed E-state index contributed by atoms with van der Waals surface area (Å²) in [5, 5.41) is 12.9. The average molecular weight is 297 g/mol. The maximum Gasteiger partial charge on any atom is 0.106 e. The van der Waals surface area contributed by atoms with Crippen molar-refractivity contribution in [3.63, 3.8) is 0 Å². The summed E-state index contributed by atoms with van der Waals surface area (Å²) in [5.74, 6) is 0. The summed E-state index contributed by atoms with van der Waals surface area (Å²) in [6, 6.07) is 2.51. The van der Waals surface area contributed by atoms with Gasteiger partial charge >= 0.3 is 0 Å². The molecule has 4 heteroatoms. The first kappa shape index (κ1) is 20.4. The Morgan fingerprint density at radius 2 is 1.71 bits per heavy atom. The first-order chi connectivity index (χ1) is 10.0. The molecule has 1 atom stereocenters. The van der Waals surface area contributed by atoms with Crippen LogP contribution < -0.4 is 5.32 Å². The van der Waals surface area contributed by atoms with Gasteiger partial charge in [0, 0.05) is 0 Å². The first-order valence-corrected chi connectivity index (χ1v) is 8.56. The van der Waals surface area contributed by atoms with Crippen LogP contribution in [0.4, 0.5) is 0 Å². The molecule has 0 radical (unpaired) electrons. The molecule has 0 aromatic carbocycles. The summed E-state index contributed by atoms with van der Waals surface area (Å²) in [5.41, 5.74) is -0.320. The molecular formula is C17H36N4. The van der Waals surface area contributed by atoms with E-state index in [1.165, 1.54) is 6.42 Å². The largest absolute Gasteiger partial charge is 0.309 e. The van der Waals surface area contributed by atoms with Crippen LogP contribution in [0.25, 0.3) is 0 Å². The average Bonchev–Trinajstić information content (AvgIpc) is 2.49. The Morgan fingerprint density at radius 3 is 2.19 bits per heavy atom. The molecule has 0 aliphatic carbocycles. The van der Waals surface area contributed by atoms with Gasteiger partial charge in [0.25, 0.3) is 0 Å². The molecule has 1 unspecified atom stereocenters. The third kappa shape index (κ3) is 9.08. The number of rotatable bonds is 13. The van der Waals surface area contributed by atoms with Gasteiger partial charge in [0.1, 0.15) is 5.54 Å². The van der Waals surface area contributed by atoms with E-state index in [0.717, 1.165) is 58.4 Å². The van der Waals surface area contributed by atoms with Gasteiger partial charge in [0.2, 0.25) is 0 Å². The van der Waals surface area contributed by atoms with Gasteiger partial charge in [0.15, 0.2) is 0 Å². The molecule has 0 saturated heterocycles. The minimum Gasteiger partial charge on any atom is -0.309 e. The quantitative estimate of drug-likeness (QED) is 0.567. The summed E-state index contributed by atoms with van der Waals surface area (Å²) in [6.07, 6.45) is 5.22. The van der Waals surface area contributed by atoms with Gasteiger partial charge in [-0.05, 0) is 78.9 Å². The highest BCUT2D eigenvalue weighted by Gasteiger charge is 2.26. The van der Waals surface area contributed by atoms with Crippen molar-refractivity contribution in [2.45, 2.75) is 58.4 Å². The lowest BCUT2D eigenvalue weighted by Crippen LogP contribution is -2.44. The predicted octanol–water partition coefficient (Wildman–Crippen LogP) is 2.71. The summed E-state index contributed by atoms with van der Waals surface area (Å²) >= 11 is 0. The van der Waals surface area contributed by atoms with Gasteiger partial charge in [-0.25, -0.2) is 0 Å². The number of hydrogen-bond donors (Lipinski definition) is 1. The molecule has 1 N–H and O–H groups in total. The molecule has 0 aromatic heterocycles. The zero-order valence-electron chi connectivity index (χ0n) is 14.9. The Morgan fingerprint density at radius 1 is 1.05 bits per heavy atom. The monoisotopic (exact) mass is 296 g/mol. The Bertz CT molecular complexity index is 285. The van der Waals surface area contributed by atoms with Crippen LogP contribution in [0, 0.1) is 11.3 Å². The molecule has 0 aliphatic rings. The molecule has 0 fully saturated rings. The number of nitrogens with zero attached hydrogens (tertiary/aromatic N) is 3. The van der Waals surface area contributed by atoms with E-state index in [1.807, 2.05) is 0 Å². The summed E-state index contributed by atoms with van der Waals surface area (Å²) < 4.78 is 0. The Kier molecular flexibility index (Phi) is 11.6. The number of nitrogens with one attached hydrogen (secondary N) is 1. The van der Waals surface area contributed by atoms with Crippen molar-refractivity contribution in [3.05, 3.63) is 0 Å². The van der Waals surface area contributed by atoms with Crippen LogP contribution >= 0.6 is 0 Å². The zero-order valence-corrected chi connectivity index (χ0v) is 14.9. The second-order valence-electron chi connectivity index (χ2n) is 6.17. The van der Waals surface area contributed by atoms with Crippen LogP contribution in [-0.4, -0.2) is 62.2 Å². The van der Waals surface area contributed by atoms with Crippen LogP contribution in [-0.2, 0) is 0 Å². The van der Waals surface area contributed by atoms with Crippen molar-refractivity contribution in [1.82, 2.24) is 15.1 Å². The Hall–Kier alpha value is -0.630. The highest BCUT2D eigenvalue weighted by molar-refractivity contribution is 5.06. The highest BCUT2D eigenvalue weighted by Crippen LogP contribution is 2.17. The van der Waals surface area contributed by atoms with Crippen LogP contribution in [0.15, 0.2) is 0 Å². The van der Waals surface area contributed by atoms with Gasteiger partial charge in [-0.3, -0.25) is 5.32 Å². The van der Waals surface area contributed by atoms with Gasteiger partial charge in [-0.15, -0.1) is 0 Å². The van der Waals surface area contributed by atoms with Crippen LogP contribution in [0.2, 0.25) is 0 Å². The Labute approximate surface area is 132 Å². The van der Waals surface area contributed by atoms with E-state index in [0.29, 0.717) is 0 Å². The van der Waals surface area contributed by atoms with E-state index < -0.39 is 0 Å². The topological polar surface area (TPSA) is 42.3 Å². The van der Waals surface area contributed by atoms with Crippen molar-refractivity contribution >= 4 is 0 Å². The van der Waals surface area contributed by atoms with E-state index in [9.17, 15) is 5.26 Å². The summed E-state index contributed by atoms with van der Waals surface area (Å²) in [7, 11) is 4.25. The maximum absolute atomic E-state index is 9.50. The maximum atomic E-state index is 9.50. The SMILES string of the molecule is CCCNC(C#N)(CC)CCCN(CC)CCCN(C)C. The van der Waals surface area contributed by atoms with Gasteiger partial charge in [0.05, 0.1) is 6.07 Å². The highest BCUT2D eigenvalue weighted by atomic mass is 15.1. The van der Waals surface area contributed by atoms with Crippen LogP contribution in [0.3, 0.4) is 0 Å². The zero-order chi connectivity index (χ0) is 16.1. The minimum absolute atomic E-state index is 0.320. The molecule has 4 nitrogen and oxygen atoms in total. The molecule has 21 heavy (non-hydrogen) atoms. The normalized spacial score (nSPS) is 14.4.